The number of halogens is 1. The van der Waals surface area contributed by atoms with Crippen LogP contribution in [0.4, 0.5) is 0 Å². The summed E-state index contributed by atoms with van der Waals surface area (Å²) in [6, 6.07) is 14.0. The maximum atomic E-state index is 13.1. The zero-order chi connectivity index (χ0) is 20.0. The highest BCUT2D eigenvalue weighted by atomic mass is 35.5. The molecule has 6 heteroatoms. The van der Waals surface area contributed by atoms with Gasteiger partial charge in [-0.25, -0.2) is 4.98 Å². The van der Waals surface area contributed by atoms with Crippen molar-refractivity contribution in [1.29, 1.82) is 0 Å². The summed E-state index contributed by atoms with van der Waals surface area (Å²) < 4.78 is 6.08. The van der Waals surface area contributed by atoms with Gasteiger partial charge in [0.15, 0.2) is 5.58 Å². The maximum Gasteiger partial charge on any atom is 0.253 e. The zero-order valence-electron chi connectivity index (χ0n) is 17.4. The summed E-state index contributed by atoms with van der Waals surface area (Å²) >= 11 is 0. The minimum Gasteiger partial charge on any atom is -0.436 e. The van der Waals surface area contributed by atoms with E-state index in [0.717, 1.165) is 25.2 Å². The average molecular weight is 426 g/mol. The number of oxazole rings is 1. The number of nitrogens with one attached hydrogen (secondary N) is 1. The molecule has 30 heavy (non-hydrogen) atoms. The van der Waals surface area contributed by atoms with E-state index in [9.17, 15) is 4.79 Å². The number of nitrogens with zero attached hydrogens (tertiary/aromatic N) is 2. The number of hydrogen-bond donors (Lipinski definition) is 1. The molecule has 3 aliphatic heterocycles. The second kappa shape index (κ2) is 8.40. The second-order valence-electron chi connectivity index (χ2n) is 8.63. The van der Waals surface area contributed by atoms with E-state index < -0.39 is 0 Å². The summed E-state index contributed by atoms with van der Waals surface area (Å²) in [5.74, 6) is 1.48. The fraction of sp³-hybridized carbons (Fsp3) is 0.417. The molecule has 6 rings (SSSR count). The SMILES string of the molecule is CC(C)c1ccccc1-c1nc2c(C(=O)N[C@@H]3CN4CCC3CC4)cccc2o1.Cl. The van der Waals surface area contributed by atoms with Crippen LogP contribution in [0.15, 0.2) is 46.9 Å². The quantitative estimate of drug-likeness (QED) is 0.648. The number of benzene rings is 2. The number of amides is 1. The predicted octanol–water partition coefficient (Wildman–Crippen LogP) is 4.86. The number of fused-ring (bicyclic) bond motifs is 4. The van der Waals surface area contributed by atoms with Crippen LogP contribution in [-0.4, -0.2) is 41.5 Å². The number of carbonyl (C=O) groups is 1. The maximum absolute atomic E-state index is 13.1. The lowest BCUT2D eigenvalue weighted by Gasteiger charge is -2.44. The molecule has 0 aliphatic carbocycles. The Morgan fingerprint density at radius 2 is 1.90 bits per heavy atom. The molecule has 1 amide bonds. The van der Waals surface area contributed by atoms with Gasteiger partial charge in [-0.15, -0.1) is 12.4 Å². The molecule has 0 unspecified atom stereocenters. The molecular weight excluding hydrogens is 398 g/mol. The van der Waals surface area contributed by atoms with Gasteiger partial charge in [0.25, 0.3) is 5.91 Å². The number of carbonyl (C=O) groups excluding carboxylic acids is 1. The van der Waals surface area contributed by atoms with E-state index in [1.165, 1.54) is 18.4 Å². The number of hydrogen-bond acceptors (Lipinski definition) is 4. The van der Waals surface area contributed by atoms with Gasteiger partial charge in [0.1, 0.15) is 5.52 Å². The van der Waals surface area contributed by atoms with Gasteiger partial charge in [0.2, 0.25) is 5.89 Å². The first-order valence-corrected chi connectivity index (χ1v) is 10.6. The third-order valence-corrected chi connectivity index (χ3v) is 6.45. The Labute approximate surface area is 183 Å². The molecule has 3 aliphatic rings. The van der Waals surface area contributed by atoms with Crippen molar-refractivity contribution in [2.45, 2.75) is 38.6 Å². The normalized spacial score (nSPS) is 22.8. The summed E-state index contributed by atoms with van der Waals surface area (Å²) in [4.78, 5) is 20.3. The van der Waals surface area contributed by atoms with Gasteiger partial charge in [0.05, 0.1) is 5.56 Å². The van der Waals surface area contributed by atoms with Crippen LogP contribution < -0.4 is 5.32 Å². The number of para-hydroxylation sites is 1. The largest absolute Gasteiger partial charge is 0.436 e. The van der Waals surface area contributed by atoms with Gasteiger partial charge in [-0.1, -0.05) is 38.1 Å². The molecule has 3 fully saturated rings. The monoisotopic (exact) mass is 425 g/mol. The van der Waals surface area contributed by atoms with Crippen molar-refractivity contribution in [3.05, 3.63) is 53.6 Å². The first-order chi connectivity index (χ1) is 14.1. The highest BCUT2D eigenvalue weighted by molar-refractivity contribution is 6.05. The Kier molecular flexibility index (Phi) is 5.85. The first kappa shape index (κ1) is 20.9. The van der Waals surface area contributed by atoms with Crippen molar-refractivity contribution >= 4 is 29.4 Å². The molecule has 5 nitrogen and oxygen atoms in total. The minimum atomic E-state index is -0.0497. The molecule has 0 saturated carbocycles. The predicted molar refractivity (Wildman–Crippen MR) is 121 cm³/mol. The number of piperidine rings is 3. The van der Waals surface area contributed by atoms with Gasteiger partial charge in [-0.05, 0) is 61.5 Å². The molecular formula is C24H28ClN3O2. The lowest BCUT2D eigenvalue weighted by atomic mass is 9.84. The second-order valence-corrected chi connectivity index (χ2v) is 8.63. The van der Waals surface area contributed by atoms with Crippen molar-refractivity contribution in [3.8, 4) is 11.5 Å². The minimum absolute atomic E-state index is 0. The van der Waals surface area contributed by atoms with E-state index in [2.05, 4.69) is 30.1 Å². The van der Waals surface area contributed by atoms with Gasteiger partial charge in [-0.3, -0.25) is 4.79 Å². The van der Waals surface area contributed by atoms with Crippen molar-refractivity contribution in [2.24, 2.45) is 5.92 Å². The van der Waals surface area contributed by atoms with Crippen LogP contribution in [0.1, 0.15) is 48.5 Å². The molecule has 0 radical (unpaired) electrons. The molecule has 3 saturated heterocycles. The van der Waals surface area contributed by atoms with Crippen LogP contribution >= 0.6 is 12.4 Å². The smallest absolute Gasteiger partial charge is 0.253 e. The fourth-order valence-corrected chi connectivity index (χ4v) is 4.82. The van der Waals surface area contributed by atoms with E-state index in [0.29, 0.717) is 34.4 Å². The summed E-state index contributed by atoms with van der Waals surface area (Å²) in [6.07, 6.45) is 2.35. The van der Waals surface area contributed by atoms with Crippen LogP contribution in [0.5, 0.6) is 0 Å². The van der Waals surface area contributed by atoms with E-state index in [1.54, 1.807) is 0 Å². The molecule has 1 aromatic heterocycles. The average Bonchev–Trinajstić information content (AvgIpc) is 3.19. The number of rotatable bonds is 4. The highest BCUT2D eigenvalue weighted by Gasteiger charge is 2.35. The Balaban J connectivity index is 0.00000218. The Bertz CT molecular complexity index is 1050. The third kappa shape index (κ3) is 3.72. The number of aromatic nitrogens is 1. The molecule has 3 aromatic rings. The first-order valence-electron chi connectivity index (χ1n) is 10.6. The lowest BCUT2D eigenvalue weighted by molar-refractivity contribution is 0.0621. The van der Waals surface area contributed by atoms with Crippen LogP contribution in [0.2, 0.25) is 0 Å². The summed E-state index contributed by atoms with van der Waals surface area (Å²) in [7, 11) is 0. The Morgan fingerprint density at radius 3 is 2.60 bits per heavy atom. The van der Waals surface area contributed by atoms with Crippen LogP contribution in [-0.2, 0) is 0 Å². The lowest BCUT2D eigenvalue weighted by Crippen LogP contribution is -2.57. The van der Waals surface area contributed by atoms with Gasteiger partial charge >= 0.3 is 0 Å². The Morgan fingerprint density at radius 1 is 1.13 bits per heavy atom. The summed E-state index contributed by atoms with van der Waals surface area (Å²) in [5.41, 5.74) is 4.07. The van der Waals surface area contributed by atoms with E-state index >= 15 is 0 Å². The molecule has 2 aromatic carbocycles. The molecule has 2 bridgehead atoms. The van der Waals surface area contributed by atoms with Crippen LogP contribution in [0.3, 0.4) is 0 Å². The van der Waals surface area contributed by atoms with Gasteiger partial charge < -0.3 is 14.6 Å². The van der Waals surface area contributed by atoms with E-state index in [1.807, 2.05) is 36.4 Å². The summed E-state index contributed by atoms with van der Waals surface area (Å²) in [6.45, 7) is 7.60. The summed E-state index contributed by atoms with van der Waals surface area (Å²) in [5, 5.41) is 3.28. The van der Waals surface area contributed by atoms with Crippen molar-refractivity contribution < 1.29 is 9.21 Å². The standard InChI is InChI=1S/C24H27N3O2.ClH/c1-15(2)17-6-3-4-7-18(17)24-26-22-19(8-5-9-21(22)29-24)23(28)25-20-14-27-12-10-16(20)11-13-27;/h3-9,15-16,20H,10-14H2,1-2H3,(H,25,28);1H/t20-;/m1./s1. The van der Waals surface area contributed by atoms with E-state index in [-0.39, 0.29) is 24.4 Å². The van der Waals surface area contributed by atoms with Crippen molar-refractivity contribution in [3.63, 3.8) is 0 Å². The zero-order valence-corrected chi connectivity index (χ0v) is 18.2. The van der Waals surface area contributed by atoms with Crippen molar-refractivity contribution in [1.82, 2.24) is 15.2 Å². The highest BCUT2D eigenvalue weighted by Crippen LogP contribution is 2.32. The molecule has 0 spiro atoms. The van der Waals surface area contributed by atoms with Crippen LogP contribution in [0, 0.1) is 5.92 Å². The van der Waals surface area contributed by atoms with Gasteiger partial charge in [-0.2, -0.15) is 0 Å². The molecule has 1 atom stereocenters. The van der Waals surface area contributed by atoms with Crippen LogP contribution in [0.25, 0.3) is 22.6 Å². The molecule has 4 heterocycles. The van der Waals surface area contributed by atoms with Gasteiger partial charge in [0, 0.05) is 18.2 Å². The van der Waals surface area contributed by atoms with E-state index in [4.69, 9.17) is 9.40 Å². The molecule has 1 N–H and O–H groups in total. The topological polar surface area (TPSA) is 58.4 Å². The fourth-order valence-electron chi connectivity index (χ4n) is 4.82. The molecule has 158 valence electrons. The Hall–Kier alpha value is -2.37. The van der Waals surface area contributed by atoms with Crippen molar-refractivity contribution in [2.75, 3.05) is 19.6 Å². The third-order valence-electron chi connectivity index (χ3n) is 6.45.